The number of hydrogen-bond acceptors (Lipinski definition) is 2. The fraction of sp³-hybridized carbons (Fsp3) is 0.500. The van der Waals surface area contributed by atoms with Gasteiger partial charge in [0.25, 0.3) is 0 Å². The number of nitrogens with zero attached hydrogens (tertiary/aromatic N) is 2. The second kappa shape index (κ2) is 4.15. The summed E-state index contributed by atoms with van der Waals surface area (Å²) in [5.74, 6) is 0. The molecular weight excluding hydrogens is 198 g/mol. The molecule has 0 saturated carbocycles. The van der Waals surface area contributed by atoms with E-state index in [1.807, 2.05) is 24.0 Å². The van der Waals surface area contributed by atoms with Gasteiger partial charge in [0.05, 0.1) is 11.1 Å². The van der Waals surface area contributed by atoms with Crippen LogP contribution in [0, 0.1) is 0 Å². The van der Waals surface area contributed by atoms with Crippen LogP contribution in [0.2, 0.25) is 0 Å². The first-order valence-corrected chi connectivity index (χ1v) is 5.20. The molecule has 0 spiro atoms. The maximum absolute atomic E-state index is 6.02. The maximum atomic E-state index is 6.02. The van der Waals surface area contributed by atoms with E-state index in [0.717, 1.165) is 25.2 Å². The van der Waals surface area contributed by atoms with E-state index in [4.69, 9.17) is 11.6 Å². The fourth-order valence-corrected chi connectivity index (χ4v) is 1.94. The van der Waals surface area contributed by atoms with E-state index < -0.39 is 0 Å². The summed E-state index contributed by atoms with van der Waals surface area (Å²) in [5, 5.41) is 7.74. The van der Waals surface area contributed by atoms with Crippen molar-refractivity contribution in [2.75, 3.05) is 13.1 Å². The van der Waals surface area contributed by atoms with Gasteiger partial charge >= 0.3 is 0 Å². The molecule has 1 aromatic heterocycles. The molecule has 4 heteroatoms. The van der Waals surface area contributed by atoms with Crippen molar-refractivity contribution in [3.05, 3.63) is 29.6 Å². The summed E-state index contributed by atoms with van der Waals surface area (Å²) in [7, 11) is 1.93. The SMILES string of the molecule is Cn1ccc(CC2=CC(Cl)CNC2)n1. The molecule has 0 radical (unpaired) electrons. The van der Waals surface area contributed by atoms with Gasteiger partial charge in [-0.15, -0.1) is 11.6 Å². The summed E-state index contributed by atoms with van der Waals surface area (Å²) >= 11 is 6.02. The van der Waals surface area contributed by atoms with Crippen molar-refractivity contribution in [3.63, 3.8) is 0 Å². The Hall–Kier alpha value is -0.800. The number of alkyl halides is 1. The largest absolute Gasteiger partial charge is 0.311 e. The van der Waals surface area contributed by atoms with Crippen molar-refractivity contribution in [2.45, 2.75) is 11.8 Å². The number of rotatable bonds is 2. The Kier molecular flexibility index (Phi) is 2.89. The molecule has 1 aliphatic rings. The van der Waals surface area contributed by atoms with Gasteiger partial charge in [-0.1, -0.05) is 11.6 Å². The Bertz CT molecular complexity index is 343. The molecule has 0 amide bonds. The van der Waals surface area contributed by atoms with Crippen LogP contribution in [-0.2, 0) is 13.5 Å². The van der Waals surface area contributed by atoms with Crippen molar-refractivity contribution < 1.29 is 0 Å². The monoisotopic (exact) mass is 211 g/mol. The maximum Gasteiger partial charge on any atom is 0.0665 e. The molecule has 14 heavy (non-hydrogen) atoms. The summed E-state index contributed by atoms with van der Waals surface area (Å²) < 4.78 is 1.82. The molecular formula is C10H14ClN3. The minimum absolute atomic E-state index is 0.127. The van der Waals surface area contributed by atoms with E-state index in [1.54, 1.807) is 0 Å². The van der Waals surface area contributed by atoms with Crippen LogP contribution < -0.4 is 5.32 Å². The molecule has 0 saturated heterocycles. The smallest absolute Gasteiger partial charge is 0.0665 e. The quantitative estimate of drug-likeness (QED) is 0.587. The average Bonchev–Trinajstić information content (AvgIpc) is 2.51. The Balaban J connectivity index is 2.03. The van der Waals surface area contributed by atoms with Crippen LogP contribution in [0.5, 0.6) is 0 Å². The van der Waals surface area contributed by atoms with E-state index in [0.29, 0.717) is 0 Å². The van der Waals surface area contributed by atoms with Gasteiger partial charge < -0.3 is 5.32 Å². The minimum atomic E-state index is 0.127. The predicted octanol–water partition coefficient (Wildman–Crippen LogP) is 1.10. The van der Waals surface area contributed by atoms with Crippen LogP contribution in [0.3, 0.4) is 0 Å². The topological polar surface area (TPSA) is 29.9 Å². The van der Waals surface area contributed by atoms with Gasteiger partial charge in [0.15, 0.2) is 0 Å². The molecule has 1 aliphatic heterocycles. The molecule has 1 aromatic rings. The zero-order valence-corrected chi connectivity index (χ0v) is 8.96. The molecule has 1 atom stereocenters. The van der Waals surface area contributed by atoms with E-state index in [2.05, 4.69) is 16.5 Å². The van der Waals surface area contributed by atoms with Crippen molar-refractivity contribution in [1.82, 2.24) is 15.1 Å². The van der Waals surface area contributed by atoms with Crippen LogP contribution in [0.4, 0.5) is 0 Å². The van der Waals surface area contributed by atoms with Gasteiger partial charge in [-0.25, -0.2) is 0 Å². The lowest BCUT2D eigenvalue weighted by Crippen LogP contribution is -2.30. The number of aromatic nitrogens is 2. The number of nitrogens with one attached hydrogen (secondary N) is 1. The zero-order valence-electron chi connectivity index (χ0n) is 8.20. The lowest BCUT2D eigenvalue weighted by Gasteiger charge is -2.17. The molecule has 76 valence electrons. The Morgan fingerprint density at radius 1 is 1.71 bits per heavy atom. The number of aryl methyl sites for hydroxylation is 1. The summed E-state index contributed by atoms with van der Waals surface area (Å²) in [6.07, 6.45) is 4.99. The van der Waals surface area contributed by atoms with Crippen molar-refractivity contribution in [1.29, 1.82) is 0 Å². The molecule has 0 bridgehead atoms. The van der Waals surface area contributed by atoms with Crippen molar-refractivity contribution in [2.24, 2.45) is 7.05 Å². The molecule has 1 unspecified atom stereocenters. The second-order valence-electron chi connectivity index (χ2n) is 3.63. The first kappa shape index (κ1) is 9.74. The highest BCUT2D eigenvalue weighted by atomic mass is 35.5. The van der Waals surface area contributed by atoms with E-state index in [1.165, 1.54) is 5.57 Å². The first-order chi connectivity index (χ1) is 6.74. The third-order valence-corrected chi connectivity index (χ3v) is 2.57. The van der Waals surface area contributed by atoms with Crippen LogP contribution in [0.1, 0.15) is 5.69 Å². The van der Waals surface area contributed by atoms with Gasteiger partial charge in [-0.05, 0) is 6.07 Å². The Morgan fingerprint density at radius 2 is 2.57 bits per heavy atom. The van der Waals surface area contributed by atoms with Crippen LogP contribution in [-0.4, -0.2) is 28.2 Å². The van der Waals surface area contributed by atoms with E-state index >= 15 is 0 Å². The Morgan fingerprint density at radius 3 is 3.21 bits per heavy atom. The zero-order chi connectivity index (χ0) is 9.97. The lowest BCUT2D eigenvalue weighted by molar-refractivity contribution is 0.685. The lowest BCUT2D eigenvalue weighted by atomic mass is 10.1. The predicted molar refractivity (Wildman–Crippen MR) is 57.5 cm³/mol. The minimum Gasteiger partial charge on any atom is -0.311 e. The standard InChI is InChI=1S/C10H14ClN3/c1-14-3-2-10(13-14)5-8-4-9(11)7-12-6-8/h2-4,9,12H,5-7H2,1H3. The molecule has 3 nitrogen and oxygen atoms in total. The summed E-state index contributed by atoms with van der Waals surface area (Å²) in [6.45, 7) is 1.80. The molecule has 0 aliphatic carbocycles. The summed E-state index contributed by atoms with van der Waals surface area (Å²) in [5.41, 5.74) is 2.43. The van der Waals surface area contributed by atoms with Gasteiger partial charge in [-0.2, -0.15) is 5.10 Å². The molecule has 0 aromatic carbocycles. The Labute approximate surface area is 88.8 Å². The van der Waals surface area contributed by atoms with Gasteiger partial charge in [0.2, 0.25) is 0 Å². The van der Waals surface area contributed by atoms with Crippen LogP contribution >= 0.6 is 11.6 Å². The first-order valence-electron chi connectivity index (χ1n) is 4.77. The van der Waals surface area contributed by atoms with Gasteiger partial charge in [0, 0.05) is 32.8 Å². The molecule has 2 heterocycles. The highest BCUT2D eigenvalue weighted by Gasteiger charge is 2.11. The molecule has 0 fully saturated rings. The third kappa shape index (κ3) is 2.36. The van der Waals surface area contributed by atoms with E-state index in [9.17, 15) is 0 Å². The molecule has 2 rings (SSSR count). The normalized spacial score (nSPS) is 22.1. The fourth-order valence-electron chi connectivity index (χ4n) is 1.66. The molecule has 1 N–H and O–H groups in total. The highest BCUT2D eigenvalue weighted by molar-refractivity contribution is 6.22. The van der Waals surface area contributed by atoms with Crippen LogP contribution in [0.15, 0.2) is 23.9 Å². The van der Waals surface area contributed by atoms with Gasteiger partial charge in [-0.3, -0.25) is 4.68 Å². The average molecular weight is 212 g/mol. The van der Waals surface area contributed by atoms with Gasteiger partial charge in [0.1, 0.15) is 0 Å². The van der Waals surface area contributed by atoms with Crippen molar-refractivity contribution >= 4 is 11.6 Å². The summed E-state index contributed by atoms with van der Waals surface area (Å²) in [6, 6.07) is 2.04. The highest BCUT2D eigenvalue weighted by Crippen LogP contribution is 2.11. The van der Waals surface area contributed by atoms with Crippen molar-refractivity contribution in [3.8, 4) is 0 Å². The number of hydrogen-bond donors (Lipinski definition) is 1. The van der Waals surface area contributed by atoms with Crippen LogP contribution in [0.25, 0.3) is 0 Å². The second-order valence-corrected chi connectivity index (χ2v) is 4.19. The third-order valence-electron chi connectivity index (χ3n) is 2.28. The van der Waals surface area contributed by atoms with E-state index in [-0.39, 0.29) is 5.38 Å². The summed E-state index contributed by atoms with van der Waals surface area (Å²) in [4.78, 5) is 0. The number of halogens is 1.